The van der Waals surface area contributed by atoms with Crippen LogP contribution >= 0.6 is 11.6 Å². The zero-order valence-electron chi connectivity index (χ0n) is 14.3. The van der Waals surface area contributed by atoms with Crippen LogP contribution in [0.15, 0.2) is 72.9 Å². The van der Waals surface area contributed by atoms with Crippen molar-refractivity contribution >= 4 is 28.9 Å². The third-order valence-corrected chi connectivity index (χ3v) is 4.18. The van der Waals surface area contributed by atoms with Crippen LogP contribution in [0, 0.1) is 10.1 Å². The second kappa shape index (κ2) is 8.42. The molecule has 0 radical (unpaired) electrons. The first kappa shape index (κ1) is 18.5. The molecule has 0 saturated heterocycles. The summed E-state index contributed by atoms with van der Waals surface area (Å²) >= 11 is 6.06. The van der Waals surface area contributed by atoms with Crippen LogP contribution < -0.4 is 4.90 Å². The van der Waals surface area contributed by atoms with Crippen molar-refractivity contribution in [3.8, 4) is 0 Å². The molecule has 27 heavy (non-hydrogen) atoms. The Kier molecular flexibility index (Phi) is 5.78. The molecular formula is C20H16ClN3O3. The van der Waals surface area contributed by atoms with Crippen molar-refractivity contribution in [3.63, 3.8) is 0 Å². The number of aromatic nitrogens is 1. The zero-order valence-corrected chi connectivity index (χ0v) is 15.0. The molecule has 0 aliphatic carbocycles. The van der Waals surface area contributed by atoms with Gasteiger partial charge in [-0.05, 0) is 29.8 Å². The number of nitrogens with zero attached hydrogens (tertiary/aromatic N) is 3. The Bertz CT molecular complexity index is 963. The first-order valence-electron chi connectivity index (χ1n) is 8.21. The fourth-order valence-corrected chi connectivity index (χ4v) is 2.88. The van der Waals surface area contributed by atoms with E-state index in [1.165, 1.54) is 18.2 Å². The number of non-ortho nitro benzene ring substituents is 1. The van der Waals surface area contributed by atoms with E-state index in [2.05, 4.69) is 4.98 Å². The first-order valence-corrected chi connectivity index (χ1v) is 8.59. The number of nitro benzene ring substituents is 1. The fraction of sp³-hybridized carbons (Fsp3) is 0.100. The minimum absolute atomic E-state index is 0.0324. The molecule has 0 atom stereocenters. The van der Waals surface area contributed by atoms with Gasteiger partial charge in [-0.15, -0.1) is 0 Å². The van der Waals surface area contributed by atoms with Crippen LogP contribution in [0.4, 0.5) is 11.5 Å². The van der Waals surface area contributed by atoms with E-state index in [9.17, 15) is 14.9 Å². The SMILES string of the molecule is O=C(CN(Cc1cccc(Cl)c1)c1ccccn1)c1cccc([N+](=O)[O-])c1. The fourth-order valence-electron chi connectivity index (χ4n) is 2.67. The van der Waals surface area contributed by atoms with E-state index in [1.807, 2.05) is 35.2 Å². The van der Waals surface area contributed by atoms with Gasteiger partial charge in [0.2, 0.25) is 0 Å². The highest BCUT2D eigenvalue weighted by Crippen LogP contribution is 2.19. The van der Waals surface area contributed by atoms with E-state index in [1.54, 1.807) is 24.4 Å². The number of pyridine rings is 1. The maximum atomic E-state index is 12.7. The minimum Gasteiger partial charge on any atom is -0.345 e. The molecule has 0 aliphatic heterocycles. The molecule has 0 N–H and O–H groups in total. The Morgan fingerprint density at radius 1 is 1.07 bits per heavy atom. The number of halogens is 1. The topological polar surface area (TPSA) is 76.3 Å². The molecule has 1 aromatic heterocycles. The number of hydrogen-bond donors (Lipinski definition) is 0. The summed E-state index contributed by atoms with van der Waals surface area (Å²) in [5.41, 5.74) is 1.11. The van der Waals surface area contributed by atoms with E-state index in [0.29, 0.717) is 17.4 Å². The van der Waals surface area contributed by atoms with Gasteiger partial charge in [-0.1, -0.05) is 41.9 Å². The van der Waals surface area contributed by atoms with Crippen molar-refractivity contribution in [1.82, 2.24) is 4.98 Å². The average molecular weight is 382 g/mol. The lowest BCUT2D eigenvalue weighted by atomic mass is 10.1. The molecule has 136 valence electrons. The number of anilines is 1. The monoisotopic (exact) mass is 381 g/mol. The average Bonchev–Trinajstić information content (AvgIpc) is 2.68. The summed E-state index contributed by atoms with van der Waals surface area (Å²) < 4.78 is 0. The van der Waals surface area contributed by atoms with Crippen LogP contribution in [0.5, 0.6) is 0 Å². The van der Waals surface area contributed by atoms with Crippen LogP contribution in [0.1, 0.15) is 15.9 Å². The van der Waals surface area contributed by atoms with Gasteiger partial charge in [-0.3, -0.25) is 14.9 Å². The normalized spacial score (nSPS) is 10.4. The highest BCUT2D eigenvalue weighted by molar-refractivity contribution is 6.30. The van der Waals surface area contributed by atoms with Crippen molar-refractivity contribution < 1.29 is 9.72 Å². The smallest absolute Gasteiger partial charge is 0.270 e. The summed E-state index contributed by atoms with van der Waals surface area (Å²) in [5, 5.41) is 11.6. The number of nitro groups is 1. The highest BCUT2D eigenvalue weighted by atomic mass is 35.5. The van der Waals surface area contributed by atoms with Gasteiger partial charge in [0, 0.05) is 35.5 Å². The van der Waals surface area contributed by atoms with E-state index in [-0.39, 0.29) is 23.6 Å². The molecule has 6 nitrogen and oxygen atoms in total. The van der Waals surface area contributed by atoms with E-state index < -0.39 is 4.92 Å². The number of Topliss-reactive ketones (excluding diaryl/α,β-unsaturated/α-hetero) is 1. The Labute approximate surface area is 161 Å². The van der Waals surface area contributed by atoms with Crippen LogP contribution in [0.2, 0.25) is 5.02 Å². The molecule has 0 aliphatic rings. The van der Waals surface area contributed by atoms with Gasteiger partial charge in [0.05, 0.1) is 11.5 Å². The van der Waals surface area contributed by atoms with Crippen molar-refractivity contribution in [3.05, 3.63) is 99.2 Å². The maximum Gasteiger partial charge on any atom is 0.270 e. The number of rotatable bonds is 7. The van der Waals surface area contributed by atoms with Crippen LogP contribution in [-0.4, -0.2) is 22.2 Å². The highest BCUT2D eigenvalue weighted by Gasteiger charge is 2.17. The number of carbonyl (C=O) groups excluding carboxylic acids is 1. The molecule has 0 saturated carbocycles. The zero-order chi connectivity index (χ0) is 19.2. The molecule has 7 heteroatoms. The van der Waals surface area contributed by atoms with Gasteiger partial charge in [0.25, 0.3) is 5.69 Å². The van der Waals surface area contributed by atoms with E-state index in [4.69, 9.17) is 11.6 Å². The van der Waals surface area contributed by atoms with Gasteiger partial charge in [-0.25, -0.2) is 4.98 Å². The van der Waals surface area contributed by atoms with E-state index >= 15 is 0 Å². The Hall–Kier alpha value is -3.25. The number of hydrogen-bond acceptors (Lipinski definition) is 5. The summed E-state index contributed by atoms with van der Waals surface area (Å²) in [5.74, 6) is 0.405. The van der Waals surface area contributed by atoms with Gasteiger partial charge < -0.3 is 4.90 Å². The number of carbonyl (C=O) groups is 1. The van der Waals surface area contributed by atoms with Crippen molar-refractivity contribution in [2.75, 3.05) is 11.4 Å². The predicted octanol–water partition coefficient (Wildman–Crippen LogP) is 4.53. The van der Waals surface area contributed by atoms with Crippen LogP contribution in [-0.2, 0) is 6.54 Å². The Balaban J connectivity index is 1.86. The van der Waals surface area contributed by atoms with Gasteiger partial charge in [-0.2, -0.15) is 0 Å². The van der Waals surface area contributed by atoms with Crippen LogP contribution in [0.25, 0.3) is 0 Å². The quantitative estimate of drug-likeness (QED) is 0.341. The first-order chi connectivity index (χ1) is 13.0. The molecule has 2 aromatic carbocycles. The molecule has 3 aromatic rings. The minimum atomic E-state index is -0.515. The van der Waals surface area contributed by atoms with Gasteiger partial charge in [0.15, 0.2) is 5.78 Å². The standard InChI is InChI=1S/C20H16ClN3O3/c21-17-7-3-5-15(11-17)13-23(20-9-1-2-10-22-20)14-19(25)16-6-4-8-18(12-16)24(26)27/h1-12H,13-14H2. The Morgan fingerprint density at radius 3 is 2.59 bits per heavy atom. The lowest BCUT2D eigenvalue weighted by Gasteiger charge is -2.23. The third kappa shape index (κ3) is 4.89. The second-order valence-electron chi connectivity index (χ2n) is 5.90. The number of benzene rings is 2. The predicted molar refractivity (Wildman–Crippen MR) is 104 cm³/mol. The molecule has 0 amide bonds. The summed E-state index contributed by atoms with van der Waals surface area (Å²) in [6.45, 7) is 0.461. The lowest BCUT2D eigenvalue weighted by Crippen LogP contribution is -2.30. The van der Waals surface area contributed by atoms with Crippen molar-refractivity contribution in [1.29, 1.82) is 0 Å². The maximum absolute atomic E-state index is 12.7. The number of ketones is 1. The second-order valence-corrected chi connectivity index (χ2v) is 6.34. The van der Waals surface area contributed by atoms with Crippen LogP contribution in [0.3, 0.4) is 0 Å². The molecule has 0 bridgehead atoms. The van der Waals surface area contributed by atoms with E-state index in [0.717, 1.165) is 5.56 Å². The third-order valence-electron chi connectivity index (χ3n) is 3.95. The van der Waals surface area contributed by atoms with Gasteiger partial charge in [0.1, 0.15) is 5.82 Å². The molecule has 0 spiro atoms. The Morgan fingerprint density at radius 2 is 1.89 bits per heavy atom. The summed E-state index contributed by atoms with van der Waals surface area (Å²) in [7, 11) is 0. The summed E-state index contributed by atoms with van der Waals surface area (Å²) in [4.78, 5) is 29.3. The lowest BCUT2D eigenvalue weighted by molar-refractivity contribution is -0.384. The molecule has 0 fully saturated rings. The largest absolute Gasteiger partial charge is 0.345 e. The van der Waals surface area contributed by atoms with Gasteiger partial charge >= 0.3 is 0 Å². The summed E-state index contributed by atoms with van der Waals surface area (Å²) in [6.07, 6.45) is 1.65. The molecular weight excluding hydrogens is 366 g/mol. The molecule has 1 heterocycles. The molecule has 0 unspecified atom stereocenters. The summed E-state index contributed by atoms with van der Waals surface area (Å²) in [6, 6.07) is 18.5. The van der Waals surface area contributed by atoms with Crippen molar-refractivity contribution in [2.24, 2.45) is 0 Å². The van der Waals surface area contributed by atoms with Crippen molar-refractivity contribution in [2.45, 2.75) is 6.54 Å². The molecule has 3 rings (SSSR count).